The van der Waals surface area contributed by atoms with E-state index in [1.54, 1.807) is 7.11 Å². The van der Waals surface area contributed by atoms with E-state index in [1.165, 1.54) is 31.2 Å². The zero-order valence-electron chi connectivity index (χ0n) is 16.5. The van der Waals surface area contributed by atoms with Crippen LogP contribution in [-0.2, 0) is 4.74 Å². The molecular weight excluding hydrogens is 354 g/mol. The van der Waals surface area contributed by atoms with Crippen LogP contribution in [0.15, 0.2) is 30.3 Å². The third kappa shape index (κ3) is 4.70. The van der Waals surface area contributed by atoms with Gasteiger partial charge in [0.1, 0.15) is 0 Å². The van der Waals surface area contributed by atoms with Crippen LogP contribution in [0, 0.1) is 0 Å². The first-order valence-corrected chi connectivity index (χ1v) is 10.3. The molecule has 0 aliphatic carbocycles. The Bertz CT molecular complexity index is 750. The van der Waals surface area contributed by atoms with Crippen molar-refractivity contribution in [3.63, 3.8) is 0 Å². The third-order valence-electron chi connectivity index (χ3n) is 5.46. The SMILES string of the molecule is COc1nc(NC2CCOC(c3ccccc3)C2)nc(N2CCCCCC2)n1. The lowest BCUT2D eigenvalue weighted by Crippen LogP contribution is -2.32. The van der Waals surface area contributed by atoms with Gasteiger partial charge in [-0.1, -0.05) is 43.2 Å². The Morgan fingerprint density at radius 2 is 1.82 bits per heavy atom. The molecule has 2 atom stereocenters. The van der Waals surface area contributed by atoms with Gasteiger partial charge < -0.3 is 19.7 Å². The largest absolute Gasteiger partial charge is 0.467 e. The molecule has 2 aliphatic heterocycles. The number of methoxy groups -OCH3 is 1. The standard InChI is InChI=1S/C21H29N5O2/c1-27-21-24-19(23-20(25-21)26-12-7-2-3-8-13-26)22-17-11-14-28-18(15-17)16-9-5-4-6-10-16/h4-6,9-10,17-18H,2-3,7-8,11-15H2,1H3,(H,22,23,24,25). The molecule has 1 aromatic carbocycles. The lowest BCUT2D eigenvalue weighted by molar-refractivity contribution is 0.00968. The van der Waals surface area contributed by atoms with Gasteiger partial charge in [0.15, 0.2) is 0 Å². The highest BCUT2D eigenvalue weighted by Gasteiger charge is 2.25. The lowest BCUT2D eigenvalue weighted by atomic mass is 9.97. The van der Waals surface area contributed by atoms with Crippen molar-refractivity contribution in [2.45, 2.75) is 50.7 Å². The fourth-order valence-corrected chi connectivity index (χ4v) is 3.92. The molecule has 28 heavy (non-hydrogen) atoms. The molecule has 0 amide bonds. The number of hydrogen-bond donors (Lipinski definition) is 1. The summed E-state index contributed by atoms with van der Waals surface area (Å²) in [6.07, 6.45) is 6.80. The molecule has 0 radical (unpaired) electrons. The van der Waals surface area contributed by atoms with Crippen LogP contribution in [0.1, 0.15) is 50.2 Å². The Morgan fingerprint density at radius 3 is 2.57 bits per heavy atom. The molecule has 7 heteroatoms. The second-order valence-corrected chi connectivity index (χ2v) is 7.48. The van der Waals surface area contributed by atoms with Crippen LogP contribution >= 0.6 is 0 Å². The molecule has 0 saturated carbocycles. The molecule has 2 saturated heterocycles. The fraction of sp³-hybridized carbons (Fsp3) is 0.571. The van der Waals surface area contributed by atoms with Gasteiger partial charge in [-0.05, 0) is 31.2 Å². The molecule has 1 aromatic heterocycles. The maximum Gasteiger partial charge on any atom is 0.322 e. The summed E-state index contributed by atoms with van der Waals surface area (Å²) < 4.78 is 11.3. The number of ether oxygens (including phenoxy) is 2. The number of nitrogens with zero attached hydrogens (tertiary/aromatic N) is 4. The zero-order valence-corrected chi connectivity index (χ0v) is 16.5. The molecule has 0 bridgehead atoms. The minimum Gasteiger partial charge on any atom is -0.467 e. The molecular formula is C21H29N5O2. The number of benzene rings is 1. The fourth-order valence-electron chi connectivity index (χ4n) is 3.92. The predicted octanol–water partition coefficient (Wildman–Crippen LogP) is 3.59. The normalized spacial score (nSPS) is 23.1. The molecule has 1 N–H and O–H groups in total. The summed E-state index contributed by atoms with van der Waals surface area (Å²) in [5.41, 5.74) is 1.22. The molecule has 2 aromatic rings. The first-order chi connectivity index (χ1) is 13.8. The van der Waals surface area contributed by atoms with Gasteiger partial charge in [0.05, 0.1) is 13.2 Å². The van der Waals surface area contributed by atoms with E-state index in [2.05, 4.69) is 44.5 Å². The van der Waals surface area contributed by atoms with E-state index >= 15 is 0 Å². The Kier molecular flexibility index (Phi) is 6.21. The number of anilines is 2. The van der Waals surface area contributed by atoms with E-state index in [1.807, 2.05) is 6.07 Å². The van der Waals surface area contributed by atoms with Gasteiger partial charge in [0, 0.05) is 25.7 Å². The predicted molar refractivity (Wildman–Crippen MR) is 109 cm³/mol. The van der Waals surface area contributed by atoms with E-state index in [-0.39, 0.29) is 12.1 Å². The molecule has 7 nitrogen and oxygen atoms in total. The van der Waals surface area contributed by atoms with Crippen molar-refractivity contribution in [2.24, 2.45) is 0 Å². The Hall–Kier alpha value is -2.41. The highest BCUT2D eigenvalue weighted by molar-refractivity contribution is 5.39. The van der Waals surface area contributed by atoms with Crippen LogP contribution < -0.4 is 15.0 Å². The summed E-state index contributed by atoms with van der Waals surface area (Å²) >= 11 is 0. The van der Waals surface area contributed by atoms with Gasteiger partial charge in [-0.25, -0.2) is 0 Å². The maximum absolute atomic E-state index is 5.98. The molecule has 0 spiro atoms. The minimum absolute atomic E-state index is 0.0984. The molecule has 3 heterocycles. The highest BCUT2D eigenvalue weighted by atomic mass is 16.5. The number of nitrogens with one attached hydrogen (secondary N) is 1. The number of aromatic nitrogens is 3. The van der Waals surface area contributed by atoms with Gasteiger partial charge in [-0.15, -0.1) is 0 Å². The summed E-state index contributed by atoms with van der Waals surface area (Å²) in [4.78, 5) is 15.9. The van der Waals surface area contributed by atoms with Crippen molar-refractivity contribution in [3.05, 3.63) is 35.9 Å². The zero-order chi connectivity index (χ0) is 19.2. The highest BCUT2D eigenvalue weighted by Crippen LogP contribution is 2.29. The van der Waals surface area contributed by atoms with Gasteiger partial charge in [-0.3, -0.25) is 0 Å². The Balaban J connectivity index is 1.48. The smallest absolute Gasteiger partial charge is 0.322 e. The Labute approximate surface area is 166 Å². The second-order valence-electron chi connectivity index (χ2n) is 7.48. The van der Waals surface area contributed by atoms with Crippen LogP contribution in [0.4, 0.5) is 11.9 Å². The monoisotopic (exact) mass is 383 g/mol. The average molecular weight is 383 g/mol. The van der Waals surface area contributed by atoms with Crippen LogP contribution in [0.2, 0.25) is 0 Å². The first-order valence-electron chi connectivity index (χ1n) is 10.3. The number of rotatable bonds is 5. The van der Waals surface area contributed by atoms with Crippen molar-refractivity contribution in [3.8, 4) is 6.01 Å². The summed E-state index contributed by atoms with van der Waals surface area (Å²) in [5.74, 6) is 1.30. The summed E-state index contributed by atoms with van der Waals surface area (Å²) in [6, 6.07) is 11.0. The summed E-state index contributed by atoms with van der Waals surface area (Å²) in [5, 5.41) is 3.50. The molecule has 2 aliphatic rings. The Morgan fingerprint density at radius 1 is 1.04 bits per heavy atom. The first kappa shape index (κ1) is 18.9. The van der Waals surface area contributed by atoms with E-state index in [9.17, 15) is 0 Å². The third-order valence-corrected chi connectivity index (χ3v) is 5.46. The van der Waals surface area contributed by atoms with E-state index in [4.69, 9.17) is 14.5 Å². The van der Waals surface area contributed by atoms with Gasteiger partial charge >= 0.3 is 6.01 Å². The second kappa shape index (κ2) is 9.19. The van der Waals surface area contributed by atoms with Gasteiger partial charge in [-0.2, -0.15) is 15.0 Å². The van der Waals surface area contributed by atoms with E-state index in [0.717, 1.165) is 32.5 Å². The van der Waals surface area contributed by atoms with Crippen molar-refractivity contribution in [2.75, 3.05) is 37.0 Å². The molecule has 4 rings (SSSR count). The van der Waals surface area contributed by atoms with Crippen molar-refractivity contribution in [1.82, 2.24) is 15.0 Å². The maximum atomic E-state index is 5.98. The van der Waals surface area contributed by atoms with E-state index < -0.39 is 0 Å². The minimum atomic E-state index is 0.0984. The van der Waals surface area contributed by atoms with Crippen molar-refractivity contribution in [1.29, 1.82) is 0 Å². The molecule has 150 valence electrons. The van der Waals surface area contributed by atoms with Crippen LogP contribution in [-0.4, -0.2) is 47.8 Å². The average Bonchev–Trinajstić information content (AvgIpc) is 3.04. The topological polar surface area (TPSA) is 72.4 Å². The van der Waals surface area contributed by atoms with Gasteiger partial charge in [0.2, 0.25) is 11.9 Å². The summed E-state index contributed by atoms with van der Waals surface area (Å²) in [7, 11) is 1.60. The van der Waals surface area contributed by atoms with Crippen molar-refractivity contribution < 1.29 is 9.47 Å². The number of hydrogen-bond acceptors (Lipinski definition) is 7. The quantitative estimate of drug-likeness (QED) is 0.846. The molecule has 2 fully saturated rings. The lowest BCUT2D eigenvalue weighted by Gasteiger charge is -2.30. The van der Waals surface area contributed by atoms with Crippen molar-refractivity contribution >= 4 is 11.9 Å². The van der Waals surface area contributed by atoms with Gasteiger partial charge in [0.25, 0.3) is 0 Å². The molecule has 2 unspecified atom stereocenters. The van der Waals surface area contributed by atoms with Crippen LogP contribution in [0.5, 0.6) is 6.01 Å². The summed E-state index contributed by atoms with van der Waals surface area (Å²) in [6.45, 7) is 2.69. The van der Waals surface area contributed by atoms with Crippen LogP contribution in [0.3, 0.4) is 0 Å². The van der Waals surface area contributed by atoms with Crippen LogP contribution in [0.25, 0.3) is 0 Å². The van der Waals surface area contributed by atoms with E-state index in [0.29, 0.717) is 17.9 Å².